The summed E-state index contributed by atoms with van der Waals surface area (Å²) in [6.45, 7) is 16.2. The number of nitrogens with zero attached hydrogens (tertiary/aromatic N) is 1. The summed E-state index contributed by atoms with van der Waals surface area (Å²) in [5.74, 6) is 0.519. The first-order valence-corrected chi connectivity index (χ1v) is 12.1. The molecule has 2 unspecified atom stereocenters. The van der Waals surface area contributed by atoms with Crippen molar-refractivity contribution in [3.8, 4) is 0 Å². The second-order valence-electron chi connectivity index (χ2n) is 11.1. The molecule has 0 bridgehead atoms. The summed E-state index contributed by atoms with van der Waals surface area (Å²) in [4.78, 5) is 2.54. The van der Waals surface area contributed by atoms with Crippen LogP contribution in [-0.4, -0.2) is 5.54 Å². The summed E-state index contributed by atoms with van der Waals surface area (Å²) in [5, 5.41) is 1.31. The van der Waals surface area contributed by atoms with E-state index in [9.17, 15) is 0 Å². The largest absolute Gasteiger partial charge is 0.333 e. The molecule has 2 aromatic rings. The molecule has 1 saturated carbocycles. The topological polar surface area (TPSA) is 3.24 Å². The van der Waals surface area contributed by atoms with E-state index in [1.807, 2.05) is 6.07 Å². The second-order valence-corrected chi connectivity index (χ2v) is 11.9. The van der Waals surface area contributed by atoms with Crippen LogP contribution in [0.2, 0.25) is 10.0 Å². The minimum absolute atomic E-state index is 0.00378. The Hall–Kier alpha value is -1.18. The van der Waals surface area contributed by atoms with Gasteiger partial charge in [-0.15, -0.1) is 0 Å². The van der Waals surface area contributed by atoms with Gasteiger partial charge in [0, 0.05) is 11.1 Å². The zero-order chi connectivity index (χ0) is 22.1. The number of fused-ring (bicyclic) bond motifs is 3. The van der Waals surface area contributed by atoms with E-state index in [2.05, 4.69) is 77.6 Å². The van der Waals surface area contributed by atoms with Crippen molar-refractivity contribution in [2.45, 2.75) is 96.4 Å². The molecular weight excluding hydrogens is 409 g/mol. The number of anilines is 2. The van der Waals surface area contributed by atoms with Gasteiger partial charge in [-0.25, -0.2) is 0 Å². The predicted molar refractivity (Wildman–Crippen MR) is 132 cm³/mol. The molecule has 2 atom stereocenters. The van der Waals surface area contributed by atoms with Crippen molar-refractivity contribution < 1.29 is 0 Å². The van der Waals surface area contributed by atoms with Gasteiger partial charge in [-0.2, -0.15) is 0 Å². The van der Waals surface area contributed by atoms with E-state index < -0.39 is 0 Å². The van der Waals surface area contributed by atoms with Crippen molar-refractivity contribution in [2.75, 3.05) is 4.90 Å². The summed E-state index contributed by atoms with van der Waals surface area (Å²) < 4.78 is 0. The van der Waals surface area contributed by atoms with E-state index >= 15 is 0 Å². The van der Waals surface area contributed by atoms with Gasteiger partial charge in [0.2, 0.25) is 0 Å². The van der Waals surface area contributed by atoms with Gasteiger partial charge in [-0.1, -0.05) is 89.7 Å². The fraction of sp³-hybridized carbons (Fsp3) is 0.556. The number of halogens is 2. The zero-order valence-corrected chi connectivity index (χ0v) is 21.0. The quantitative estimate of drug-likeness (QED) is 0.446. The molecule has 1 heterocycles. The van der Waals surface area contributed by atoms with Crippen LogP contribution in [0.25, 0.3) is 0 Å². The molecule has 0 aromatic heterocycles. The van der Waals surface area contributed by atoms with Crippen molar-refractivity contribution in [1.29, 1.82) is 0 Å². The van der Waals surface area contributed by atoms with Crippen molar-refractivity contribution >= 4 is 34.6 Å². The molecule has 3 heteroatoms. The van der Waals surface area contributed by atoms with Crippen LogP contribution in [0.3, 0.4) is 0 Å². The van der Waals surface area contributed by atoms with Gasteiger partial charge >= 0.3 is 0 Å². The van der Waals surface area contributed by atoms with E-state index in [0.29, 0.717) is 16.0 Å². The molecule has 2 aliphatic rings. The molecule has 30 heavy (non-hydrogen) atoms. The second kappa shape index (κ2) is 7.17. The van der Waals surface area contributed by atoms with Crippen LogP contribution in [0.4, 0.5) is 11.4 Å². The zero-order valence-electron chi connectivity index (χ0n) is 19.5. The van der Waals surface area contributed by atoms with Crippen molar-refractivity contribution in [1.82, 2.24) is 0 Å². The molecule has 0 amide bonds. The Morgan fingerprint density at radius 2 is 1.60 bits per heavy atom. The molecule has 162 valence electrons. The lowest BCUT2D eigenvalue weighted by atomic mass is 9.61. The number of benzene rings is 2. The van der Waals surface area contributed by atoms with Crippen LogP contribution in [0.1, 0.15) is 96.8 Å². The molecular formula is C27H35Cl2N. The number of hydrogen-bond donors (Lipinski definition) is 0. The highest BCUT2D eigenvalue weighted by molar-refractivity contribution is 6.44. The molecule has 0 N–H and O–H groups in total. The first-order valence-electron chi connectivity index (χ1n) is 11.3. The summed E-state index contributed by atoms with van der Waals surface area (Å²) in [6, 6.07) is 11.4. The smallest absolute Gasteiger partial charge is 0.0829 e. The molecule has 1 aliphatic heterocycles. The van der Waals surface area contributed by atoms with Gasteiger partial charge in [0.15, 0.2) is 0 Å². The highest BCUT2D eigenvalue weighted by Gasteiger charge is 2.58. The van der Waals surface area contributed by atoms with Gasteiger partial charge in [-0.3, -0.25) is 0 Å². The van der Waals surface area contributed by atoms with Crippen LogP contribution in [0.15, 0.2) is 30.3 Å². The Morgan fingerprint density at radius 1 is 0.933 bits per heavy atom. The molecule has 0 spiro atoms. The first kappa shape index (κ1) is 22.0. The van der Waals surface area contributed by atoms with Crippen LogP contribution in [0.5, 0.6) is 0 Å². The Labute approximate surface area is 192 Å². The van der Waals surface area contributed by atoms with Crippen molar-refractivity contribution in [3.63, 3.8) is 0 Å². The van der Waals surface area contributed by atoms with E-state index in [0.717, 1.165) is 12.1 Å². The van der Waals surface area contributed by atoms with Crippen LogP contribution in [0, 0.1) is 0 Å². The summed E-state index contributed by atoms with van der Waals surface area (Å²) in [6.07, 6.45) is 4.89. The summed E-state index contributed by atoms with van der Waals surface area (Å²) in [5.41, 5.74) is 6.55. The lowest BCUT2D eigenvalue weighted by Gasteiger charge is -2.50. The average molecular weight is 444 g/mol. The monoisotopic (exact) mass is 443 g/mol. The van der Waals surface area contributed by atoms with Crippen molar-refractivity contribution in [2.24, 2.45) is 0 Å². The van der Waals surface area contributed by atoms with Gasteiger partial charge < -0.3 is 4.90 Å². The summed E-state index contributed by atoms with van der Waals surface area (Å²) >= 11 is 13.6. The Morgan fingerprint density at radius 3 is 2.23 bits per heavy atom. The lowest BCUT2D eigenvalue weighted by molar-refractivity contribution is 0.195. The SMILES string of the molecule is CC(C)c1ccc2c(c1)C1(C)CCCCC1(C)N2c1cc(C(C)(C)C)cc(Cl)c1Cl. The molecule has 0 radical (unpaired) electrons. The Bertz CT molecular complexity index is 987. The average Bonchev–Trinajstić information content (AvgIpc) is 2.87. The normalized spacial score (nSPS) is 26.1. The predicted octanol–water partition coefficient (Wildman–Crippen LogP) is 9.16. The van der Waals surface area contributed by atoms with Gasteiger partial charge in [0.25, 0.3) is 0 Å². The van der Waals surface area contributed by atoms with Crippen LogP contribution in [-0.2, 0) is 10.8 Å². The van der Waals surface area contributed by atoms with E-state index in [-0.39, 0.29) is 16.4 Å². The molecule has 1 nitrogen and oxygen atoms in total. The van der Waals surface area contributed by atoms with E-state index in [1.54, 1.807) is 0 Å². The molecule has 2 aromatic carbocycles. The lowest BCUT2D eigenvalue weighted by Crippen LogP contribution is -2.54. The third-order valence-corrected chi connectivity index (χ3v) is 8.70. The molecule has 1 aliphatic carbocycles. The highest BCUT2D eigenvalue weighted by atomic mass is 35.5. The molecule has 1 fully saturated rings. The van der Waals surface area contributed by atoms with Crippen molar-refractivity contribution in [3.05, 3.63) is 57.1 Å². The molecule has 4 rings (SSSR count). The summed E-state index contributed by atoms with van der Waals surface area (Å²) in [7, 11) is 0. The van der Waals surface area contributed by atoms with E-state index in [1.165, 1.54) is 41.6 Å². The minimum Gasteiger partial charge on any atom is -0.333 e. The standard InChI is InChI=1S/C27H35Cl2N/c1-17(2)18-10-11-22-20(14-18)26(6)12-8-9-13-27(26,7)30(22)23-16-19(25(3,4)5)15-21(28)24(23)29/h10-11,14-17H,8-9,12-13H2,1-7H3. The number of rotatable bonds is 2. The van der Waals surface area contributed by atoms with E-state index in [4.69, 9.17) is 23.2 Å². The highest BCUT2D eigenvalue weighted by Crippen LogP contribution is 2.62. The fourth-order valence-corrected chi connectivity index (χ4v) is 6.07. The maximum Gasteiger partial charge on any atom is 0.0829 e. The van der Waals surface area contributed by atoms with Crippen LogP contribution < -0.4 is 4.90 Å². The number of hydrogen-bond acceptors (Lipinski definition) is 1. The van der Waals surface area contributed by atoms with Gasteiger partial charge in [0.05, 0.1) is 21.3 Å². The third kappa shape index (κ3) is 3.11. The maximum atomic E-state index is 6.91. The Kier molecular flexibility index (Phi) is 5.27. The first-order chi connectivity index (χ1) is 13.9. The molecule has 0 saturated heterocycles. The minimum atomic E-state index is -0.0212. The van der Waals surface area contributed by atoms with Crippen LogP contribution >= 0.6 is 23.2 Å². The maximum absolute atomic E-state index is 6.91. The fourth-order valence-electron chi connectivity index (χ4n) is 5.66. The third-order valence-electron chi connectivity index (χ3n) is 7.91. The van der Waals surface area contributed by atoms with Gasteiger partial charge in [-0.05, 0) is 66.0 Å². The Balaban J connectivity index is 2.01. The van der Waals surface area contributed by atoms with Gasteiger partial charge in [0.1, 0.15) is 0 Å².